The van der Waals surface area contributed by atoms with E-state index in [0.29, 0.717) is 44.0 Å². The van der Waals surface area contributed by atoms with Gasteiger partial charge in [-0.1, -0.05) is 12.0 Å². The molecule has 8 heteroatoms. The number of hydrogen-bond donors (Lipinski definition) is 1. The van der Waals surface area contributed by atoms with Crippen LogP contribution in [0.1, 0.15) is 24.0 Å². The van der Waals surface area contributed by atoms with Gasteiger partial charge in [-0.2, -0.15) is 8.42 Å². The lowest BCUT2D eigenvalue weighted by Crippen LogP contribution is -2.43. The lowest BCUT2D eigenvalue weighted by molar-refractivity contribution is -0.152. The standard InChI is InChI=1S/C23H26N2O5S/c1-4-13-24-14-11-19(12-15-24)23(26)25(27)31(28,29)22-9-7-20(8-10-22)30-21-6-5-17(2)18(3)16-21/h1,5-10,16,19,27H,11-15H2,2-3H3. The van der Waals surface area contributed by atoms with E-state index in [0.717, 1.165) is 11.1 Å². The summed E-state index contributed by atoms with van der Waals surface area (Å²) in [6.07, 6.45) is 6.18. The Hall–Kier alpha value is -2.86. The highest BCUT2D eigenvalue weighted by Crippen LogP contribution is 2.27. The molecule has 164 valence electrons. The second-order valence-corrected chi connectivity index (χ2v) is 9.43. The van der Waals surface area contributed by atoms with Gasteiger partial charge < -0.3 is 4.74 Å². The molecule has 2 aromatic rings. The van der Waals surface area contributed by atoms with Gasteiger partial charge in [-0.3, -0.25) is 14.9 Å². The number of piperidine rings is 1. The Bertz CT molecular complexity index is 1080. The Morgan fingerprint density at radius 2 is 1.74 bits per heavy atom. The Morgan fingerprint density at radius 1 is 1.13 bits per heavy atom. The minimum Gasteiger partial charge on any atom is -0.457 e. The summed E-state index contributed by atoms with van der Waals surface area (Å²) >= 11 is 0. The number of terminal acetylenes is 1. The van der Waals surface area contributed by atoms with Crippen LogP contribution in [0.25, 0.3) is 0 Å². The van der Waals surface area contributed by atoms with Gasteiger partial charge in [0.25, 0.3) is 15.9 Å². The van der Waals surface area contributed by atoms with Crippen molar-refractivity contribution in [1.82, 2.24) is 9.37 Å². The van der Waals surface area contributed by atoms with Crippen molar-refractivity contribution < 1.29 is 23.2 Å². The minimum atomic E-state index is -4.38. The molecule has 1 heterocycles. The number of aryl methyl sites for hydroxylation is 2. The van der Waals surface area contributed by atoms with Crippen molar-refractivity contribution in [1.29, 1.82) is 0 Å². The lowest BCUT2D eigenvalue weighted by atomic mass is 9.96. The molecule has 1 N–H and O–H groups in total. The molecule has 0 aromatic heterocycles. The van der Waals surface area contributed by atoms with Crippen molar-refractivity contribution >= 4 is 15.9 Å². The van der Waals surface area contributed by atoms with E-state index in [9.17, 15) is 18.4 Å². The maximum Gasteiger partial charge on any atom is 0.289 e. The molecule has 3 rings (SSSR count). The highest BCUT2D eigenvalue weighted by Gasteiger charge is 2.35. The first-order chi connectivity index (χ1) is 14.7. The zero-order chi connectivity index (χ0) is 22.6. The van der Waals surface area contributed by atoms with Crippen molar-refractivity contribution in [2.24, 2.45) is 5.92 Å². The second kappa shape index (κ2) is 9.52. The molecule has 7 nitrogen and oxygen atoms in total. The maximum atomic E-state index is 12.7. The summed E-state index contributed by atoms with van der Waals surface area (Å²) in [7, 11) is -4.38. The molecular weight excluding hydrogens is 416 g/mol. The van der Waals surface area contributed by atoms with E-state index in [-0.39, 0.29) is 9.36 Å². The molecular formula is C23H26N2O5S. The smallest absolute Gasteiger partial charge is 0.289 e. The SMILES string of the molecule is C#CCN1CCC(C(=O)N(O)S(=O)(=O)c2ccc(Oc3ccc(C)c(C)c3)cc2)CC1. The zero-order valence-electron chi connectivity index (χ0n) is 17.6. The predicted molar refractivity (Wildman–Crippen MR) is 116 cm³/mol. The van der Waals surface area contributed by atoms with Gasteiger partial charge in [0.1, 0.15) is 11.5 Å². The summed E-state index contributed by atoms with van der Waals surface area (Å²) in [5, 5.41) is 10.2. The van der Waals surface area contributed by atoms with Gasteiger partial charge >= 0.3 is 0 Å². The van der Waals surface area contributed by atoms with Gasteiger partial charge in [0.2, 0.25) is 0 Å². The zero-order valence-corrected chi connectivity index (χ0v) is 18.4. The van der Waals surface area contributed by atoms with Gasteiger partial charge in [0.05, 0.1) is 11.4 Å². The largest absolute Gasteiger partial charge is 0.457 e. The maximum absolute atomic E-state index is 12.7. The highest BCUT2D eigenvalue weighted by molar-refractivity contribution is 7.89. The number of carbonyl (C=O) groups excluding carboxylic acids is 1. The summed E-state index contributed by atoms with van der Waals surface area (Å²) in [6, 6.07) is 11.2. The van der Waals surface area contributed by atoms with Crippen LogP contribution in [-0.2, 0) is 14.8 Å². The number of benzene rings is 2. The van der Waals surface area contributed by atoms with E-state index >= 15 is 0 Å². The van der Waals surface area contributed by atoms with Crippen LogP contribution in [0.5, 0.6) is 11.5 Å². The fourth-order valence-corrected chi connectivity index (χ4v) is 4.50. The molecule has 0 atom stereocenters. The number of ether oxygens (including phenoxy) is 1. The number of hydroxylamine groups is 1. The van der Waals surface area contributed by atoms with Gasteiger partial charge in [0.15, 0.2) is 0 Å². The highest BCUT2D eigenvalue weighted by atomic mass is 32.2. The van der Waals surface area contributed by atoms with Crippen LogP contribution < -0.4 is 4.74 Å². The monoisotopic (exact) mass is 442 g/mol. The van der Waals surface area contributed by atoms with Crippen LogP contribution in [0.4, 0.5) is 0 Å². The number of likely N-dealkylation sites (tertiary alicyclic amines) is 1. The minimum absolute atomic E-state index is 0.131. The Kier molecular flexibility index (Phi) is 7.01. The summed E-state index contributed by atoms with van der Waals surface area (Å²) in [6.45, 7) is 5.63. The molecule has 0 saturated carbocycles. The summed E-state index contributed by atoms with van der Waals surface area (Å²) in [5.74, 6) is 2.23. The predicted octanol–water partition coefficient (Wildman–Crippen LogP) is 3.35. The van der Waals surface area contributed by atoms with Crippen LogP contribution in [-0.4, -0.2) is 48.5 Å². The molecule has 2 aromatic carbocycles. The first-order valence-electron chi connectivity index (χ1n) is 10.0. The number of nitrogens with zero attached hydrogens (tertiary/aromatic N) is 2. The normalized spacial score (nSPS) is 15.3. The van der Waals surface area contributed by atoms with Gasteiger partial charge in [0, 0.05) is 5.92 Å². The molecule has 0 bridgehead atoms. The molecule has 1 aliphatic heterocycles. The van der Waals surface area contributed by atoms with E-state index < -0.39 is 21.8 Å². The van der Waals surface area contributed by atoms with Crippen molar-refractivity contribution in [2.75, 3.05) is 19.6 Å². The molecule has 1 aliphatic rings. The third-order valence-corrected chi connectivity index (χ3v) is 7.01. The van der Waals surface area contributed by atoms with E-state index in [1.54, 1.807) is 0 Å². The second-order valence-electron chi connectivity index (χ2n) is 7.66. The molecule has 0 radical (unpaired) electrons. The van der Waals surface area contributed by atoms with E-state index in [4.69, 9.17) is 11.2 Å². The fourth-order valence-electron chi connectivity index (χ4n) is 3.43. The fraction of sp³-hybridized carbons (Fsp3) is 0.348. The molecule has 31 heavy (non-hydrogen) atoms. The molecule has 0 spiro atoms. The number of amides is 1. The Morgan fingerprint density at radius 3 is 2.32 bits per heavy atom. The van der Waals surface area contributed by atoms with Crippen LogP contribution in [0.15, 0.2) is 47.4 Å². The van der Waals surface area contributed by atoms with Crippen molar-refractivity contribution in [3.8, 4) is 23.8 Å². The van der Waals surface area contributed by atoms with Gasteiger partial charge in [-0.05, 0) is 87.3 Å². The number of hydrogen-bond acceptors (Lipinski definition) is 6. The van der Waals surface area contributed by atoms with Crippen molar-refractivity contribution in [3.05, 3.63) is 53.6 Å². The number of carbonyl (C=O) groups is 1. The van der Waals surface area contributed by atoms with Crippen molar-refractivity contribution in [2.45, 2.75) is 31.6 Å². The van der Waals surface area contributed by atoms with Crippen LogP contribution in [0.3, 0.4) is 0 Å². The van der Waals surface area contributed by atoms with E-state index in [1.165, 1.54) is 24.3 Å². The molecule has 0 unspecified atom stereocenters. The Balaban J connectivity index is 1.67. The van der Waals surface area contributed by atoms with Crippen molar-refractivity contribution in [3.63, 3.8) is 0 Å². The summed E-state index contributed by atoms with van der Waals surface area (Å²) in [4.78, 5) is 14.4. The summed E-state index contributed by atoms with van der Waals surface area (Å²) < 4.78 is 31.1. The topological polar surface area (TPSA) is 87.2 Å². The van der Waals surface area contributed by atoms with Crippen LogP contribution >= 0.6 is 0 Å². The number of sulfonamides is 1. The summed E-state index contributed by atoms with van der Waals surface area (Å²) in [5.41, 5.74) is 2.22. The average Bonchev–Trinajstić information content (AvgIpc) is 2.76. The molecule has 0 aliphatic carbocycles. The first kappa shape index (κ1) is 22.8. The molecule has 1 saturated heterocycles. The third kappa shape index (κ3) is 5.25. The van der Waals surface area contributed by atoms with E-state index in [1.807, 2.05) is 36.9 Å². The van der Waals surface area contributed by atoms with Gasteiger partial charge in [-0.25, -0.2) is 0 Å². The lowest BCUT2D eigenvalue weighted by Gasteiger charge is -2.31. The third-order valence-electron chi connectivity index (χ3n) is 5.50. The molecule has 1 amide bonds. The average molecular weight is 443 g/mol. The first-order valence-corrected chi connectivity index (χ1v) is 11.5. The quantitative estimate of drug-likeness (QED) is 0.419. The number of rotatable bonds is 6. The van der Waals surface area contributed by atoms with E-state index in [2.05, 4.69) is 5.92 Å². The van der Waals surface area contributed by atoms with Gasteiger partial charge in [-0.15, -0.1) is 10.9 Å². The Labute approximate surface area is 183 Å². The van der Waals surface area contributed by atoms with Crippen LogP contribution in [0.2, 0.25) is 0 Å². The molecule has 1 fully saturated rings. The van der Waals surface area contributed by atoms with Crippen LogP contribution in [0, 0.1) is 32.1 Å².